The number of rotatable bonds is 6. The highest BCUT2D eigenvalue weighted by molar-refractivity contribution is 9.11. The maximum absolute atomic E-state index is 11.9. The predicted octanol–water partition coefficient (Wildman–Crippen LogP) is 2.97. The van der Waals surface area contributed by atoms with Gasteiger partial charge < -0.3 is 10.0 Å². The molecule has 0 aromatic carbocycles. The molecule has 1 unspecified atom stereocenters. The minimum atomic E-state index is -0.861. The number of aliphatic carboxylic acids is 1. The Labute approximate surface area is 119 Å². The van der Waals surface area contributed by atoms with Crippen LogP contribution in [0.1, 0.15) is 25.3 Å². The van der Waals surface area contributed by atoms with E-state index in [0.717, 1.165) is 9.35 Å². The molecule has 0 aliphatic rings. The van der Waals surface area contributed by atoms with Crippen molar-refractivity contribution in [2.45, 2.75) is 26.3 Å². The summed E-state index contributed by atoms with van der Waals surface area (Å²) < 4.78 is 1.04. The van der Waals surface area contributed by atoms with Crippen molar-refractivity contribution in [3.05, 3.63) is 20.8 Å². The Morgan fingerprint density at radius 1 is 1.50 bits per heavy atom. The molecule has 0 spiro atoms. The van der Waals surface area contributed by atoms with Crippen molar-refractivity contribution in [1.82, 2.24) is 4.90 Å². The molecule has 0 fully saturated rings. The zero-order valence-corrected chi connectivity index (χ0v) is 12.8. The molecule has 0 bridgehead atoms. The summed E-state index contributed by atoms with van der Waals surface area (Å²) in [6.07, 6.45) is 0.303. The third-order valence-corrected chi connectivity index (χ3v) is 4.07. The summed E-state index contributed by atoms with van der Waals surface area (Å²) in [5.41, 5.74) is 1.08. The average Bonchev–Trinajstić information content (AvgIpc) is 2.62. The van der Waals surface area contributed by atoms with Crippen LogP contribution in [0.4, 0.5) is 0 Å². The lowest BCUT2D eigenvalue weighted by Crippen LogP contribution is -2.27. The SMILES string of the molecule is CC(CC(=O)O)CC(=O)N(C)Cc1csc(Br)c1. The van der Waals surface area contributed by atoms with Gasteiger partial charge in [-0.3, -0.25) is 9.59 Å². The second kappa shape index (κ2) is 6.89. The number of hydrogen-bond acceptors (Lipinski definition) is 3. The number of amides is 1. The Morgan fingerprint density at radius 2 is 2.17 bits per heavy atom. The van der Waals surface area contributed by atoms with E-state index in [2.05, 4.69) is 15.9 Å². The molecule has 1 rings (SSSR count). The quantitative estimate of drug-likeness (QED) is 0.870. The third kappa shape index (κ3) is 5.18. The van der Waals surface area contributed by atoms with E-state index in [1.165, 1.54) is 0 Å². The van der Waals surface area contributed by atoms with Gasteiger partial charge in [-0.25, -0.2) is 0 Å². The van der Waals surface area contributed by atoms with Crippen LogP contribution in [-0.2, 0) is 16.1 Å². The van der Waals surface area contributed by atoms with E-state index in [1.807, 2.05) is 11.4 Å². The molecule has 100 valence electrons. The van der Waals surface area contributed by atoms with Crippen LogP contribution in [0.2, 0.25) is 0 Å². The van der Waals surface area contributed by atoms with Gasteiger partial charge in [-0.2, -0.15) is 0 Å². The molecule has 0 saturated heterocycles. The van der Waals surface area contributed by atoms with Crippen LogP contribution in [-0.4, -0.2) is 28.9 Å². The van der Waals surface area contributed by atoms with Crippen molar-refractivity contribution in [3.8, 4) is 0 Å². The Balaban J connectivity index is 2.44. The van der Waals surface area contributed by atoms with Gasteiger partial charge in [0.25, 0.3) is 0 Å². The largest absolute Gasteiger partial charge is 0.481 e. The van der Waals surface area contributed by atoms with Gasteiger partial charge in [0.15, 0.2) is 0 Å². The Morgan fingerprint density at radius 3 is 2.67 bits per heavy atom. The van der Waals surface area contributed by atoms with E-state index in [1.54, 1.807) is 30.2 Å². The van der Waals surface area contributed by atoms with Gasteiger partial charge in [-0.1, -0.05) is 6.92 Å². The van der Waals surface area contributed by atoms with Crippen molar-refractivity contribution >= 4 is 39.1 Å². The highest BCUT2D eigenvalue weighted by atomic mass is 79.9. The van der Waals surface area contributed by atoms with Crippen molar-refractivity contribution in [1.29, 1.82) is 0 Å². The van der Waals surface area contributed by atoms with Gasteiger partial charge in [-0.05, 0) is 38.9 Å². The van der Waals surface area contributed by atoms with Crippen LogP contribution in [0.15, 0.2) is 15.2 Å². The molecule has 1 aromatic heterocycles. The molecular formula is C12H16BrNO3S. The lowest BCUT2D eigenvalue weighted by atomic mass is 10.0. The standard InChI is InChI=1S/C12H16BrNO3S/c1-8(4-12(16)17)3-11(15)14(2)6-9-5-10(13)18-7-9/h5,7-8H,3-4,6H2,1-2H3,(H,16,17). The summed E-state index contributed by atoms with van der Waals surface area (Å²) in [5.74, 6) is -1.02. The van der Waals surface area contributed by atoms with Gasteiger partial charge in [0, 0.05) is 26.4 Å². The van der Waals surface area contributed by atoms with Crippen LogP contribution in [0.3, 0.4) is 0 Å². The van der Waals surface area contributed by atoms with Gasteiger partial charge in [-0.15, -0.1) is 11.3 Å². The number of carbonyl (C=O) groups is 2. The monoisotopic (exact) mass is 333 g/mol. The van der Waals surface area contributed by atoms with E-state index >= 15 is 0 Å². The maximum Gasteiger partial charge on any atom is 0.303 e. The lowest BCUT2D eigenvalue weighted by Gasteiger charge is -2.18. The van der Waals surface area contributed by atoms with Crippen LogP contribution < -0.4 is 0 Å². The molecule has 1 aromatic rings. The topological polar surface area (TPSA) is 57.6 Å². The van der Waals surface area contributed by atoms with Crippen molar-refractivity contribution < 1.29 is 14.7 Å². The van der Waals surface area contributed by atoms with Gasteiger partial charge in [0.2, 0.25) is 5.91 Å². The van der Waals surface area contributed by atoms with Gasteiger partial charge in [0.1, 0.15) is 0 Å². The van der Waals surface area contributed by atoms with E-state index in [9.17, 15) is 9.59 Å². The Kier molecular flexibility index (Phi) is 5.81. The molecule has 18 heavy (non-hydrogen) atoms. The second-order valence-corrected chi connectivity index (χ2v) is 6.71. The fourth-order valence-corrected chi connectivity index (χ4v) is 2.82. The molecule has 1 atom stereocenters. The lowest BCUT2D eigenvalue weighted by molar-refractivity contribution is -0.138. The number of carboxylic acids is 1. The zero-order chi connectivity index (χ0) is 13.7. The number of carbonyl (C=O) groups excluding carboxylic acids is 1. The zero-order valence-electron chi connectivity index (χ0n) is 10.4. The highest BCUT2D eigenvalue weighted by Crippen LogP contribution is 2.22. The van der Waals surface area contributed by atoms with E-state index < -0.39 is 5.97 Å². The number of hydrogen-bond donors (Lipinski definition) is 1. The summed E-state index contributed by atoms with van der Waals surface area (Å²) in [6, 6.07) is 1.98. The van der Waals surface area contributed by atoms with Gasteiger partial charge >= 0.3 is 5.97 Å². The molecule has 1 heterocycles. The molecular weight excluding hydrogens is 318 g/mol. The normalized spacial score (nSPS) is 12.2. The van der Waals surface area contributed by atoms with Gasteiger partial charge in [0.05, 0.1) is 3.79 Å². The summed E-state index contributed by atoms with van der Waals surface area (Å²) in [5, 5.41) is 10.6. The fraction of sp³-hybridized carbons (Fsp3) is 0.500. The molecule has 1 amide bonds. The number of carboxylic acid groups (broad SMARTS) is 1. The fourth-order valence-electron chi connectivity index (χ4n) is 1.61. The Hall–Kier alpha value is -0.880. The minimum Gasteiger partial charge on any atom is -0.481 e. The summed E-state index contributed by atoms with van der Waals surface area (Å²) in [7, 11) is 1.74. The highest BCUT2D eigenvalue weighted by Gasteiger charge is 2.16. The van der Waals surface area contributed by atoms with E-state index in [-0.39, 0.29) is 24.7 Å². The van der Waals surface area contributed by atoms with E-state index in [0.29, 0.717) is 6.54 Å². The first-order valence-corrected chi connectivity index (χ1v) is 7.24. The molecule has 4 nitrogen and oxygen atoms in total. The second-order valence-electron chi connectivity index (χ2n) is 4.42. The van der Waals surface area contributed by atoms with Crippen molar-refractivity contribution in [3.63, 3.8) is 0 Å². The molecule has 0 aliphatic carbocycles. The first-order valence-electron chi connectivity index (χ1n) is 5.57. The summed E-state index contributed by atoms with van der Waals surface area (Å²) in [6.45, 7) is 2.34. The Bertz CT molecular complexity index is 433. The average molecular weight is 334 g/mol. The molecule has 6 heteroatoms. The van der Waals surface area contributed by atoms with Crippen LogP contribution in [0.25, 0.3) is 0 Å². The summed E-state index contributed by atoms with van der Waals surface area (Å²) in [4.78, 5) is 24.0. The van der Waals surface area contributed by atoms with Crippen molar-refractivity contribution in [2.24, 2.45) is 5.92 Å². The molecule has 1 N–H and O–H groups in total. The molecule has 0 radical (unpaired) electrons. The predicted molar refractivity (Wildman–Crippen MR) is 74.5 cm³/mol. The number of halogens is 1. The van der Waals surface area contributed by atoms with Crippen molar-refractivity contribution in [2.75, 3.05) is 7.05 Å². The van der Waals surface area contributed by atoms with Crippen LogP contribution in [0.5, 0.6) is 0 Å². The minimum absolute atomic E-state index is 0.0222. The first kappa shape index (κ1) is 15.2. The smallest absolute Gasteiger partial charge is 0.303 e. The van der Waals surface area contributed by atoms with Crippen LogP contribution in [0, 0.1) is 5.92 Å². The summed E-state index contributed by atoms with van der Waals surface area (Å²) >= 11 is 4.96. The first-order chi connectivity index (χ1) is 8.38. The number of thiophene rings is 1. The maximum atomic E-state index is 11.9. The third-order valence-electron chi connectivity index (χ3n) is 2.51. The van der Waals surface area contributed by atoms with E-state index in [4.69, 9.17) is 5.11 Å². The molecule has 0 saturated carbocycles. The molecule has 0 aliphatic heterocycles. The van der Waals surface area contributed by atoms with Crippen LogP contribution >= 0.6 is 27.3 Å². The number of nitrogens with zero attached hydrogens (tertiary/aromatic N) is 1.